The summed E-state index contributed by atoms with van der Waals surface area (Å²) in [5.74, 6) is 0.392. The molecule has 2 aliphatic rings. The maximum absolute atomic E-state index is 12.2. The molecule has 6 heteroatoms. The molecule has 0 radical (unpaired) electrons. The number of hydrogen-bond donors (Lipinski definition) is 1. The van der Waals surface area contributed by atoms with E-state index in [2.05, 4.69) is 11.8 Å². The minimum absolute atomic E-state index is 0.0516. The predicted octanol–water partition coefficient (Wildman–Crippen LogP) is -0.323. The van der Waals surface area contributed by atoms with E-state index < -0.39 is 0 Å². The third-order valence-corrected chi connectivity index (χ3v) is 4.49. The van der Waals surface area contributed by atoms with E-state index in [-0.39, 0.29) is 23.8 Å². The number of carbonyl (C=O) groups is 2. The fourth-order valence-corrected chi connectivity index (χ4v) is 3.05. The first-order valence-corrected chi connectivity index (χ1v) is 7.34. The van der Waals surface area contributed by atoms with Crippen molar-refractivity contribution < 1.29 is 14.3 Å². The molecule has 0 aromatic rings. The van der Waals surface area contributed by atoms with E-state index >= 15 is 0 Å². The van der Waals surface area contributed by atoms with Gasteiger partial charge >= 0.3 is 5.97 Å². The van der Waals surface area contributed by atoms with Crippen LogP contribution in [0.2, 0.25) is 0 Å². The molecule has 2 unspecified atom stereocenters. The Morgan fingerprint density at radius 1 is 1.25 bits per heavy atom. The van der Waals surface area contributed by atoms with Crippen molar-refractivity contribution in [1.29, 1.82) is 0 Å². The first-order valence-electron chi connectivity index (χ1n) is 7.34. The molecule has 2 fully saturated rings. The monoisotopic (exact) mass is 283 g/mol. The minimum Gasteiger partial charge on any atom is -0.469 e. The number of nitrogens with two attached hydrogens (primary N) is 1. The van der Waals surface area contributed by atoms with Gasteiger partial charge in [-0.05, 0) is 18.8 Å². The molecule has 1 amide bonds. The van der Waals surface area contributed by atoms with E-state index in [0.29, 0.717) is 38.4 Å². The SMILES string of the molecule is COC(=O)C1CCN(C(=O)CN2CC(C)C(N)C2)CC1. The second-order valence-electron chi connectivity index (χ2n) is 6.01. The first-order chi connectivity index (χ1) is 9.51. The first kappa shape index (κ1) is 15.3. The number of amides is 1. The highest BCUT2D eigenvalue weighted by molar-refractivity contribution is 5.79. The number of piperidine rings is 1. The summed E-state index contributed by atoms with van der Waals surface area (Å²) in [5, 5.41) is 0. The van der Waals surface area contributed by atoms with E-state index in [0.717, 1.165) is 13.1 Å². The molecule has 114 valence electrons. The van der Waals surface area contributed by atoms with Crippen LogP contribution in [-0.4, -0.2) is 67.6 Å². The van der Waals surface area contributed by atoms with Gasteiger partial charge in [0.25, 0.3) is 0 Å². The predicted molar refractivity (Wildman–Crippen MR) is 74.9 cm³/mol. The Labute approximate surface area is 120 Å². The summed E-state index contributed by atoms with van der Waals surface area (Å²) in [6.07, 6.45) is 1.41. The molecular weight excluding hydrogens is 258 g/mol. The number of carbonyl (C=O) groups excluding carboxylic acids is 2. The largest absolute Gasteiger partial charge is 0.469 e. The molecule has 2 rings (SSSR count). The van der Waals surface area contributed by atoms with Crippen LogP contribution in [0.1, 0.15) is 19.8 Å². The molecule has 0 aromatic heterocycles. The third-order valence-electron chi connectivity index (χ3n) is 4.49. The second kappa shape index (κ2) is 6.54. The number of rotatable bonds is 3. The van der Waals surface area contributed by atoms with Crippen LogP contribution in [0.4, 0.5) is 0 Å². The van der Waals surface area contributed by atoms with Gasteiger partial charge in [-0.25, -0.2) is 0 Å². The Morgan fingerprint density at radius 3 is 2.40 bits per heavy atom. The summed E-state index contributed by atoms with van der Waals surface area (Å²) < 4.78 is 4.75. The lowest BCUT2D eigenvalue weighted by atomic mass is 9.97. The lowest BCUT2D eigenvalue weighted by Crippen LogP contribution is -2.45. The Kier molecular flexibility index (Phi) is 4.99. The van der Waals surface area contributed by atoms with Crippen LogP contribution in [0.3, 0.4) is 0 Å². The van der Waals surface area contributed by atoms with Crippen molar-refractivity contribution in [3.63, 3.8) is 0 Å². The molecule has 2 saturated heterocycles. The van der Waals surface area contributed by atoms with Crippen LogP contribution in [0.5, 0.6) is 0 Å². The van der Waals surface area contributed by atoms with E-state index in [1.165, 1.54) is 7.11 Å². The molecule has 2 aliphatic heterocycles. The third kappa shape index (κ3) is 3.49. The average Bonchev–Trinajstić information content (AvgIpc) is 2.76. The Bertz CT molecular complexity index is 357. The Morgan fingerprint density at radius 2 is 1.90 bits per heavy atom. The van der Waals surface area contributed by atoms with E-state index in [1.807, 2.05) is 4.90 Å². The van der Waals surface area contributed by atoms with Crippen molar-refractivity contribution in [3.8, 4) is 0 Å². The molecule has 0 spiro atoms. The molecule has 0 saturated carbocycles. The maximum atomic E-state index is 12.2. The van der Waals surface area contributed by atoms with E-state index in [9.17, 15) is 9.59 Å². The van der Waals surface area contributed by atoms with E-state index in [1.54, 1.807) is 0 Å². The van der Waals surface area contributed by atoms with Crippen LogP contribution >= 0.6 is 0 Å². The number of hydrogen-bond acceptors (Lipinski definition) is 5. The summed E-state index contributed by atoms with van der Waals surface area (Å²) in [6.45, 7) is 5.55. The topological polar surface area (TPSA) is 75.9 Å². The van der Waals surface area contributed by atoms with Crippen LogP contribution in [0, 0.1) is 11.8 Å². The van der Waals surface area contributed by atoms with Crippen LogP contribution in [0.25, 0.3) is 0 Å². The number of nitrogens with zero attached hydrogens (tertiary/aromatic N) is 2. The molecule has 0 bridgehead atoms. The molecule has 0 aromatic carbocycles. The van der Waals surface area contributed by atoms with Gasteiger partial charge in [-0.15, -0.1) is 0 Å². The van der Waals surface area contributed by atoms with Crippen molar-refractivity contribution in [3.05, 3.63) is 0 Å². The molecule has 2 heterocycles. The maximum Gasteiger partial charge on any atom is 0.308 e. The number of methoxy groups -OCH3 is 1. The minimum atomic E-state index is -0.156. The molecule has 20 heavy (non-hydrogen) atoms. The number of esters is 1. The summed E-state index contributed by atoms with van der Waals surface area (Å²) >= 11 is 0. The van der Waals surface area contributed by atoms with Crippen molar-refractivity contribution in [1.82, 2.24) is 9.80 Å². The molecule has 0 aliphatic carbocycles. The summed E-state index contributed by atoms with van der Waals surface area (Å²) in [5.41, 5.74) is 5.97. The van der Waals surface area contributed by atoms with Crippen LogP contribution < -0.4 is 5.73 Å². The lowest BCUT2D eigenvalue weighted by Gasteiger charge is -2.31. The van der Waals surface area contributed by atoms with Crippen LogP contribution in [-0.2, 0) is 14.3 Å². The van der Waals surface area contributed by atoms with Crippen molar-refractivity contribution in [2.24, 2.45) is 17.6 Å². The summed E-state index contributed by atoms with van der Waals surface area (Å²) in [6, 6.07) is 0.174. The van der Waals surface area contributed by atoms with Gasteiger partial charge in [0, 0.05) is 32.2 Å². The van der Waals surface area contributed by atoms with E-state index in [4.69, 9.17) is 10.5 Å². The summed E-state index contributed by atoms with van der Waals surface area (Å²) in [4.78, 5) is 27.7. The molecule has 6 nitrogen and oxygen atoms in total. The Balaban J connectivity index is 1.76. The fraction of sp³-hybridized carbons (Fsp3) is 0.857. The highest BCUT2D eigenvalue weighted by Crippen LogP contribution is 2.19. The second-order valence-corrected chi connectivity index (χ2v) is 6.01. The zero-order chi connectivity index (χ0) is 14.7. The van der Waals surface area contributed by atoms with Crippen molar-refractivity contribution >= 4 is 11.9 Å². The standard InChI is InChI=1S/C14H25N3O3/c1-10-7-16(8-12(10)15)9-13(18)17-5-3-11(4-6-17)14(19)20-2/h10-12H,3-9,15H2,1-2H3. The zero-order valence-corrected chi connectivity index (χ0v) is 12.4. The van der Waals surface area contributed by atoms with Gasteiger partial charge in [-0.1, -0.05) is 6.92 Å². The van der Waals surface area contributed by atoms with Gasteiger partial charge in [0.15, 0.2) is 0 Å². The zero-order valence-electron chi connectivity index (χ0n) is 12.4. The normalized spacial score (nSPS) is 28.6. The lowest BCUT2D eigenvalue weighted by molar-refractivity contribution is -0.149. The number of likely N-dealkylation sites (tertiary alicyclic amines) is 2. The van der Waals surface area contributed by atoms with Gasteiger partial charge in [0.1, 0.15) is 0 Å². The Hall–Kier alpha value is -1.14. The van der Waals surface area contributed by atoms with Crippen molar-refractivity contribution in [2.75, 3.05) is 39.8 Å². The molecule has 2 atom stereocenters. The van der Waals surface area contributed by atoms with Gasteiger partial charge < -0.3 is 15.4 Å². The highest BCUT2D eigenvalue weighted by atomic mass is 16.5. The van der Waals surface area contributed by atoms with Gasteiger partial charge in [0.2, 0.25) is 5.91 Å². The van der Waals surface area contributed by atoms with Crippen LogP contribution in [0.15, 0.2) is 0 Å². The van der Waals surface area contributed by atoms with Crippen molar-refractivity contribution in [2.45, 2.75) is 25.8 Å². The molecular formula is C14H25N3O3. The molecule has 2 N–H and O–H groups in total. The summed E-state index contributed by atoms with van der Waals surface area (Å²) in [7, 11) is 1.41. The average molecular weight is 283 g/mol. The number of ether oxygens (including phenoxy) is 1. The van der Waals surface area contributed by atoms with Gasteiger partial charge in [0.05, 0.1) is 19.6 Å². The highest BCUT2D eigenvalue weighted by Gasteiger charge is 2.31. The quantitative estimate of drug-likeness (QED) is 0.718. The van der Waals surface area contributed by atoms with Gasteiger partial charge in [-0.3, -0.25) is 14.5 Å². The smallest absolute Gasteiger partial charge is 0.308 e. The van der Waals surface area contributed by atoms with Gasteiger partial charge in [-0.2, -0.15) is 0 Å². The fourth-order valence-electron chi connectivity index (χ4n) is 3.05.